The third-order valence-corrected chi connectivity index (χ3v) is 4.93. The zero-order valence-corrected chi connectivity index (χ0v) is 17.8. The molecule has 1 aromatic heterocycles. The Labute approximate surface area is 176 Å². The number of rotatable bonds is 5. The summed E-state index contributed by atoms with van der Waals surface area (Å²) in [5.74, 6) is -0.168. The Balaban J connectivity index is 1.54. The van der Waals surface area contributed by atoms with Crippen molar-refractivity contribution >= 4 is 12.0 Å². The second kappa shape index (κ2) is 9.15. The number of aromatic nitrogens is 1. The van der Waals surface area contributed by atoms with Crippen LogP contribution in [0.15, 0.2) is 53.5 Å². The van der Waals surface area contributed by atoms with Gasteiger partial charge in [-0.15, -0.1) is 0 Å². The Bertz CT molecular complexity index is 944. The van der Waals surface area contributed by atoms with Crippen molar-refractivity contribution < 1.29 is 14.3 Å². The van der Waals surface area contributed by atoms with Gasteiger partial charge in [-0.2, -0.15) is 0 Å². The van der Waals surface area contributed by atoms with E-state index in [1.807, 2.05) is 51.1 Å². The number of nitrogens with zero attached hydrogens (tertiary/aromatic N) is 2. The molecule has 2 amide bonds. The van der Waals surface area contributed by atoms with E-state index in [9.17, 15) is 14.4 Å². The van der Waals surface area contributed by atoms with Crippen LogP contribution in [0.25, 0.3) is 0 Å². The number of nitrogens with one attached hydrogen (secondary N) is 1. The highest BCUT2D eigenvalue weighted by atomic mass is 16.6. The van der Waals surface area contributed by atoms with Gasteiger partial charge in [0.15, 0.2) is 0 Å². The minimum absolute atomic E-state index is 0.0417. The standard InChI is InChI=1S/C23H29N3O4/c1-23(2,3)30-22(29)26-14-6-7-19(26)21(28)24-15-17-9-11-18(12-10-17)16-25-13-5-4-8-20(25)27/h4-5,8-13,19H,6-7,14-16H2,1-3H3,(H,24,28)/t19-/m0/s1. The molecule has 0 spiro atoms. The first-order valence-corrected chi connectivity index (χ1v) is 10.2. The molecule has 7 heteroatoms. The molecule has 1 atom stereocenters. The maximum atomic E-state index is 12.6. The molecule has 0 saturated carbocycles. The van der Waals surface area contributed by atoms with Crippen LogP contribution >= 0.6 is 0 Å². The van der Waals surface area contributed by atoms with Gasteiger partial charge < -0.3 is 14.6 Å². The van der Waals surface area contributed by atoms with Crippen molar-refractivity contribution in [1.82, 2.24) is 14.8 Å². The van der Waals surface area contributed by atoms with Crippen LogP contribution in [0, 0.1) is 0 Å². The molecular formula is C23H29N3O4. The van der Waals surface area contributed by atoms with Crippen LogP contribution in [0.5, 0.6) is 0 Å². The quantitative estimate of drug-likeness (QED) is 0.820. The number of carbonyl (C=O) groups excluding carboxylic acids is 2. The first-order valence-electron chi connectivity index (χ1n) is 10.2. The van der Waals surface area contributed by atoms with Crippen LogP contribution in [-0.4, -0.2) is 39.7 Å². The Kier molecular flexibility index (Phi) is 6.59. The van der Waals surface area contributed by atoms with E-state index in [4.69, 9.17) is 4.74 Å². The smallest absolute Gasteiger partial charge is 0.410 e. The normalized spacial score (nSPS) is 16.4. The molecule has 2 heterocycles. The highest BCUT2D eigenvalue weighted by Gasteiger charge is 2.36. The molecule has 0 bridgehead atoms. The van der Waals surface area contributed by atoms with Gasteiger partial charge in [0, 0.05) is 25.4 Å². The van der Waals surface area contributed by atoms with E-state index in [-0.39, 0.29) is 11.5 Å². The topological polar surface area (TPSA) is 80.6 Å². The molecule has 1 aromatic carbocycles. The number of pyridine rings is 1. The van der Waals surface area contributed by atoms with Gasteiger partial charge in [-0.1, -0.05) is 30.3 Å². The molecule has 3 rings (SSSR count). The number of amides is 2. The van der Waals surface area contributed by atoms with Gasteiger partial charge in [0.25, 0.3) is 5.56 Å². The lowest BCUT2D eigenvalue weighted by Gasteiger charge is -2.28. The predicted octanol–water partition coefficient (Wildman–Crippen LogP) is 2.91. The summed E-state index contributed by atoms with van der Waals surface area (Å²) in [6.07, 6.45) is 2.73. The van der Waals surface area contributed by atoms with Crippen LogP contribution in [0.1, 0.15) is 44.7 Å². The molecule has 0 aliphatic carbocycles. The molecule has 160 valence electrons. The largest absolute Gasteiger partial charge is 0.444 e. The fraction of sp³-hybridized carbons (Fsp3) is 0.435. The van der Waals surface area contributed by atoms with Crippen molar-refractivity contribution in [2.75, 3.05) is 6.54 Å². The fourth-order valence-corrected chi connectivity index (χ4v) is 3.44. The van der Waals surface area contributed by atoms with Crippen LogP contribution in [0.4, 0.5) is 4.79 Å². The molecule has 0 unspecified atom stereocenters. The first-order chi connectivity index (χ1) is 14.2. The average molecular weight is 412 g/mol. The van der Waals surface area contributed by atoms with Gasteiger partial charge in [0.1, 0.15) is 11.6 Å². The number of likely N-dealkylation sites (tertiary alicyclic amines) is 1. The van der Waals surface area contributed by atoms with Crippen LogP contribution < -0.4 is 10.9 Å². The number of hydrogen-bond donors (Lipinski definition) is 1. The zero-order chi connectivity index (χ0) is 21.7. The molecule has 1 fully saturated rings. The molecule has 1 aliphatic heterocycles. The summed E-state index contributed by atoms with van der Waals surface area (Å²) >= 11 is 0. The van der Waals surface area contributed by atoms with Gasteiger partial charge in [-0.3, -0.25) is 14.5 Å². The summed E-state index contributed by atoms with van der Waals surface area (Å²) in [4.78, 5) is 38.3. The molecule has 1 aliphatic rings. The van der Waals surface area contributed by atoms with Gasteiger partial charge in [0.2, 0.25) is 5.91 Å². The van der Waals surface area contributed by atoms with E-state index < -0.39 is 17.7 Å². The highest BCUT2D eigenvalue weighted by Crippen LogP contribution is 2.21. The molecular weight excluding hydrogens is 382 g/mol. The van der Waals surface area contributed by atoms with Crippen molar-refractivity contribution in [3.05, 3.63) is 70.1 Å². The summed E-state index contributed by atoms with van der Waals surface area (Å²) in [7, 11) is 0. The summed E-state index contributed by atoms with van der Waals surface area (Å²) in [6, 6.07) is 12.4. The lowest BCUT2D eigenvalue weighted by atomic mass is 10.1. The van der Waals surface area contributed by atoms with Gasteiger partial charge in [-0.25, -0.2) is 4.79 Å². The number of carbonyl (C=O) groups is 2. The van der Waals surface area contributed by atoms with E-state index in [1.54, 1.807) is 16.8 Å². The summed E-state index contributed by atoms with van der Waals surface area (Å²) in [5.41, 5.74) is 1.33. The lowest BCUT2D eigenvalue weighted by Crippen LogP contribution is -2.47. The molecule has 2 aromatic rings. The summed E-state index contributed by atoms with van der Waals surface area (Å²) < 4.78 is 7.06. The second-order valence-electron chi connectivity index (χ2n) is 8.53. The second-order valence-corrected chi connectivity index (χ2v) is 8.53. The van der Waals surface area contributed by atoms with E-state index in [0.717, 1.165) is 17.5 Å². The van der Waals surface area contributed by atoms with E-state index in [1.165, 1.54) is 11.0 Å². The molecule has 30 heavy (non-hydrogen) atoms. The van der Waals surface area contributed by atoms with Crippen LogP contribution in [-0.2, 0) is 22.6 Å². The van der Waals surface area contributed by atoms with Crippen molar-refractivity contribution in [3.63, 3.8) is 0 Å². The predicted molar refractivity (Wildman–Crippen MR) is 114 cm³/mol. The molecule has 7 nitrogen and oxygen atoms in total. The molecule has 1 saturated heterocycles. The number of ether oxygens (including phenoxy) is 1. The van der Waals surface area contributed by atoms with E-state index in [0.29, 0.717) is 26.1 Å². The maximum absolute atomic E-state index is 12.6. The maximum Gasteiger partial charge on any atom is 0.410 e. The van der Waals surface area contributed by atoms with Crippen molar-refractivity contribution in [3.8, 4) is 0 Å². The Morgan fingerprint density at radius 1 is 1.10 bits per heavy atom. The third kappa shape index (κ3) is 5.72. The Morgan fingerprint density at radius 2 is 1.80 bits per heavy atom. The fourth-order valence-electron chi connectivity index (χ4n) is 3.44. The Hall–Kier alpha value is -3.09. The van der Waals surface area contributed by atoms with Crippen molar-refractivity contribution in [2.24, 2.45) is 0 Å². The lowest BCUT2D eigenvalue weighted by molar-refractivity contribution is -0.125. The van der Waals surface area contributed by atoms with Crippen molar-refractivity contribution in [1.29, 1.82) is 0 Å². The molecule has 0 radical (unpaired) electrons. The van der Waals surface area contributed by atoms with Crippen LogP contribution in [0.2, 0.25) is 0 Å². The average Bonchev–Trinajstić information content (AvgIpc) is 3.18. The summed E-state index contributed by atoms with van der Waals surface area (Å²) in [6.45, 7) is 6.85. The SMILES string of the molecule is CC(C)(C)OC(=O)N1CCC[C@H]1C(=O)NCc1ccc(Cn2ccccc2=O)cc1. The minimum Gasteiger partial charge on any atom is -0.444 e. The summed E-state index contributed by atoms with van der Waals surface area (Å²) in [5, 5.41) is 2.92. The zero-order valence-electron chi connectivity index (χ0n) is 17.8. The number of hydrogen-bond acceptors (Lipinski definition) is 4. The van der Waals surface area contributed by atoms with Crippen molar-refractivity contribution in [2.45, 2.75) is 58.3 Å². The minimum atomic E-state index is -0.590. The molecule has 1 N–H and O–H groups in total. The van der Waals surface area contributed by atoms with E-state index >= 15 is 0 Å². The first kappa shape index (κ1) is 21.6. The van der Waals surface area contributed by atoms with Gasteiger partial charge in [0.05, 0.1) is 6.54 Å². The van der Waals surface area contributed by atoms with E-state index in [2.05, 4.69) is 5.32 Å². The van der Waals surface area contributed by atoms with Gasteiger partial charge in [-0.05, 0) is 50.8 Å². The monoisotopic (exact) mass is 411 g/mol. The highest BCUT2D eigenvalue weighted by molar-refractivity contribution is 5.86. The Morgan fingerprint density at radius 3 is 2.47 bits per heavy atom. The van der Waals surface area contributed by atoms with Gasteiger partial charge >= 0.3 is 6.09 Å². The third-order valence-electron chi connectivity index (χ3n) is 4.93. The van der Waals surface area contributed by atoms with Crippen LogP contribution in [0.3, 0.4) is 0 Å². The number of benzene rings is 1.